The maximum atomic E-state index is 4.31. The van der Waals surface area contributed by atoms with Crippen molar-refractivity contribution in [1.29, 1.82) is 0 Å². The van der Waals surface area contributed by atoms with Crippen LogP contribution in [0.2, 0.25) is 0 Å². The maximum absolute atomic E-state index is 4.31. The normalized spacial score (nSPS) is 21.1. The van der Waals surface area contributed by atoms with Crippen molar-refractivity contribution >= 4 is 10.8 Å². The fraction of sp³-hybridized carbons (Fsp3) is 0.471. The highest BCUT2D eigenvalue weighted by Gasteiger charge is 2.34. The number of fused-ring (bicyclic) bond motifs is 1. The van der Waals surface area contributed by atoms with Gasteiger partial charge in [0.25, 0.3) is 0 Å². The van der Waals surface area contributed by atoms with E-state index in [4.69, 9.17) is 0 Å². The predicted molar refractivity (Wildman–Crippen MR) is 80.2 cm³/mol. The first-order chi connectivity index (χ1) is 9.07. The minimum atomic E-state index is 0.228. The molecule has 19 heavy (non-hydrogen) atoms. The van der Waals surface area contributed by atoms with Gasteiger partial charge in [0.15, 0.2) is 0 Å². The smallest absolute Gasteiger partial charge is 0.0360 e. The zero-order chi connectivity index (χ0) is 13.5. The Labute approximate surface area is 115 Å². The molecule has 1 fully saturated rings. The molecule has 100 valence electrons. The van der Waals surface area contributed by atoms with Crippen molar-refractivity contribution in [2.45, 2.75) is 45.2 Å². The average molecular weight is 254 g/mol. The zero-order valence-corrected chi connectivity index (χ0v) is 12.1. The van der Waals surface area contributed by atoms with Gasteiger partial charge in [0.1, 0.15) is 0 Å². The molecule has 1 saturated heterocycles. The number of likely N-dealkylation sites (tertiary alicyclic amines) is 1. The van der Waals surface area contributed by atoms with Crippen LogP contribution in [0, 0.1) is 0 Å². The molecule has 0 amide bonds. The SMILES string of the molecule is CC(C)(C)N1CCCC1c1cccc2ccncc12. The minimum Gasteiger partial charge on any atom is -0.291 e. The standard InChI is InChI=1S/C17H22N2/c1-17(2,3)19-11-5-8-16(19)14-7-4-6-13-9-10-18-12-15(13)14/h4,6-7,9-10,12,16H,5,8,11H2,1-3H3. The third-order valence-electron chi connectivity index (χ3n) is 4.19. The third kappa shape index (κ3) is 2.25. The van der Waals surface area contributed by atoms with Gasteiger partial charge in [-0.05, 0) is 57.2 Å². The van der Waals surface area contributed by atoms with Crippen LogP contribution in [0.4, 0.5) is 0 Å². The summed E-state index contributed by atoms with van der Waals surface area (Å²) in [4.78, 5) is 6.95. The monoisotopic (exact) mass is 254 g/mol. The van der Waals surface area contributed by atoms with E-state index in [1.54, 1.807) is 0 Å². The summed E-state index contributed by atoms with van der Waals surface area (Å²) in [6.07, 6.45) is 6.44. The summed E-state index contributed by atoms with van der Waals surface area (Å²) in [5, 5.41) is 2.61. The van der Waals surface area contributed by atoms with Gasteiger partial charge in [-0.2, -0.15) is 0 Å². The number of hydrogen-bond donors (Lipinski definition) is 0. The van der Waals surface area contributed by atoms with Crippen LogP contribution in [0.1, 0.15) is 45.2 Å². The summed E-state index contributed by atoms with van der Waals surface area (Å²) in [6.45, 7) is 8.14. The molecule has 1 atom stereocenters. The van der Waals surface area contributed by atoms with Crippen molar-refractivity contribution in [2.24, 2.45) is 0 Å². The van der Waals surface area contributed by atoms with E-state index in [1.807, 2.05) is 12.4 Å². The number of aromatic nitrogens is 1. The van der Waals surface area contributed by atoms with Crippen LogP contribution in [0.3, 0.4) is 0 Å². The number of rotatable bonds is 1. The molecular formula is C17H22N2. The zero-order valence-electron chi connectivity index (χ0n) is 12.1. The van der Waals surface area contributed by atoms with Crippen molar-refractivity contribution in [3.8, 4) is 0 Å². The summed E-state index contributed by atoms with van der Waals surface area (Å²) in [5.74, 6) is 0. The Morgan fingerprint density at radius 3 is 2.84 bits per heavy atom. The Morgan fingerprint density at radius 1 is 1.21 bits per heavy atom. The molecule has 3 rings (SSSR count). The van der Waals surface area contributed by atoms with E-state index in [1.165, 1.54) is 35.7 Å². The average Bonchev–Trinajstić information content (AvgIpc) is 2.87. The van der Waals surface area contributed by atoms with Gasteiger partial charge in [0.2, 0.25) is 0 Å². The van der Waals surface area contributed by atoms with Gasteiger partial charge in [-0.1, -0.05) is 18.2 Å². The maximum Gasteiger partial charge on any atom is 0.0360 e. The first-order valence-electron chi connectivity index (χ1n) is 7.17. The quantitative estimate of drug-likeness (QED) is 0.759. The first kappa shape index (κ1) is 12.6. The summed E-state index contributed by atoms with van der Waals surface area (Å²) >= 11 is 0. The predicted octanol–water partition coefficient (Wildman–Crippen LogP) is 4.17. The minimum absolute atomic E-state index is 0.228. The van der Waals surface area contributed by atoms with Gasteiger partial charge in [-0.25, -0.2) is 0 Å². The first-order valence-corrected chi connectivity index (χ1v) is 7.17. The van der Waals surface area contributed by atoms with Crippen molar-refractivity contribution < 1.29 is 0 Å². The molecule has 2 heteroatoms. The lowest BCUT2D eigenvalue weighted by Crippen LogP contribution is -2.40. The van der Waals surface area contributed by atoms with Crippen LogP contribution in [0.15, 0.2) is 36.7 Å². The van der Waals surface area contributed by atoms with Crippen molar-refractivity contribution in [3.05, 3.63) is 42.2 Å². The molecule has 0 radical (unpaired) electrons. The van der Waals surface area contributed by atoms with E-state index in [2.05, 4.69) is 54.9 Å². The lowest BCUT2D eigenvalue weighted by molar-refractivity contribution is 0.122. The molecule has 2 aromatic rings. The third-order valence-corrected chi connectivity index (χ3v) is 4.19. The van der Waals surface area contributed by atoms with Gasteiger partial charge < -0.3 is 0 Å². The summed E-state index contributed by atoms with van der Waals surface area (Å²) in [7, 11) is 0. The Balaban J connectivity index is 2.09. The van der Waals surface area contributed by atoms with E-state index in [9.17, 15) is 0 Å². The molecule has 0 bridgehead atoms. The van der Waals surface area contributed by atoms with Crippen LogP contribution >= 0.6 is 0 Å². The number of hydrogen-bond acceptors (Lipinski definition) is 2. The van der Waals surface area contributed by atoms with Crippen LogP contribution in [-0.2, 0) is 0 Å². The molecular weight excluding hydrogens is 232 g/mol. The lowest BCUT2D eigenvalue weighted by Gasteiger charge is -2.37. The Kier molecular flexibility index (Phi) is 3.06. The van der Waals surface area contributed by atoms with E-state index >= 15 is 0 Å². The number of benzene rings is 1. The molecule has 1 aliphatic rings. The lowest BCUT2D eigenvalue weighted by atomic mass is 9.95. The summed E-state index contributed by atoms with van der Waals surface area (Å²) in [6, 6.07) is 9.27. The molecule has 1 unspecified atom stereocenters. The van der Waals surface area contributed by atoms with Gasteiger partial charge in [-0.3, -0.25) is 9.88 Å². The summed E-state index contributed by atoms with van der Waals surface area (Å²) in [5.41, 5.74) is 1.67. The van der Waals surface area contributed by atoms with Crippen LogP contribution in [0.5, 0.6) is 0 Å². The van der Waals surface area contributed by atoms with Gasteiger partial charge in [0.05, 0.1) is 0 Å². The van der Waals surface area contributed by atoms with E-state index in [-0.39, 0.29) is 5.54 Å². The highest BCUT2D eigenvalue weighted by molar-refractivity contribution is 5.85. The summed E-state index contributed by atoms with van der Waals surface area (Å²) < 4.78 is 0. The molecule has 1 aromatic heterocycles. The Hall–Kier alpha value is -1.41. The van der Waals surface area contributed by atoms with E-state index in [0.29, 0.717) is 6.04 Å². The van der Waals surface area contributed by atoms with E-state index in [0.717, 1.165) is 0 Å². The molecule has 1 aromatic carbocycles. The van der Waals surface area contributed by atoms with Crippen molar-refractivity contribution in [2.75, 3.05) is 6.54 Å². The molecule has 0 aliphatic carbocycles. The largest absolute Gasteiger partial charge is 0.291 e. The highest BCUT2D eigenvalue weighted by atomic mass is 15.2. The second-order valence-corrected chi connectivity index (χ2v) is 6.47. The molecule has 0 spiro atoms. The van der Waals surface area contributed by atoms with Gasteiger partial charge in [-0.15, -0.1) is 0 Å². The van der Waals surface area contributed by atoms with E-state index < -0.39 is 0 Å². The number of pyridine rings is 1. The van der Waals surface area contributed by atoms with Crippen LogP contribution in [0.25, 0.3) is 10.8 Å². The Morgan fingerprint density at radius 2 is 2.05 bits per heavy atom. The van der Waals surface area contributed by atoms with Gasteiger partial charge >= 0.3 is 0 Å². The fourth-order valence-corrected chi connectivity index (χ4v) is 3.32. The second kappa shape index (κ2) is 4.61. The Bertz CT molecular complexity index is 578. The fourth-order valence-electron chi connectivity index (χ4n) is 3.32. The van der Waals surface area contributed by atoms with Crippen molar-refractivity contribution in [3.63, 3.8) is 0 Å². The molecule has 2 nitrogen and oxygen atoms in total. The van der Waals surface area contributed by atoms with Crippen LogP contribution < -0.4 is 0 Å². The van der Waals surface area contributed by atoms with Crippen LogP contribution in [-0.4, -0.2) is 22.0 Å². The van der Waals surface area contributed by atoms with Gasteiger partial charge in [0, 0.05) is 29.4 Å². The highest BCUT2D eigenvalue weighted by Crippen LogP contribution is 2.39. The van der Waals surface area contributed by atoms with Crippen molar-refractivity contribution in [1.82, 2.24) is 9.88 Å². The number of nitrogens with zero attached hydrogens (tertiary/aromatic N) is 2. The topological polar surface area (TPSA) is 16.1 Å². The molecule has 0 N–H and O–H groups in total. The molecule has 2 heterocycles. The molecule has 0 saturated carbocycles. The second-order valence-electron chi connectivity index (χ2n) is 6.47. The molecule has 1 aliphatic heterocycles.